The Labute approximate surface area is 113 Å². The highest BCUT2D eigenvalue weighted by molar-refractivity contribution is 5.85. The molecule has 0 spiro atoms. The van der Waals surface area contributed by atoms with Crippen molar-refractivity contribution in [1.82, 2.24) is 0 Å². The molecule has 106 valence electrons. The molecule has 0 bridgehead atoms. The van der Waals surface area contributed by atoms with Crippen molar-refractivity contribution in [2.75, 3.05) is 0 Å². The zero-order valence-electron chi connectivity index (χ0n) is 13.4. The fraction of sp³-hybridized carbons (Fsp3) is 0.875. The van der Waals surface area contributed by atoms with E-state index in [1.165, 1.54) is 0 Å². The molecule has 18 heavy (non-hydrogen) atoms. The number of carbonyl (C=O) groups excluding carboxylic acids is 2. The molecule has 0 fully saturated rings. The largest absolute Gasteiger partial charge is 0.299 e. The van der Waals surface area contributed by atoms with E-state index >= 15 is 0 Å². The van der Waals surface area contributed by atoms with Gasteiger partial charge in [-0.05, 0) is 24.7 Å². The molecule has 0 amide bonds. The number of Topliss-reactive ketones (excluding diaryl/α,β-unsaturated/α-hetero) is 2. The smallest absolute Gasteiger partial charge is 0.136 e. The molecular weight excluding hydrogens is 224 g/mol. The van der Waals surface area contributed by atoms with Crippen molar-refractivity contribution in [3.63, 3.8) is 0 Å². The van der Waals surface area contributed by atoms with Crippen molar-refractivity contribution in [2.45, 2.75) is 68.2 Å². The van der Waals surface area contributed by atoms with Crippen molar-refractivity contribution in [1.29, 1.82) is 0 Å². The van der Waals surface area contributed by atoms with E-state index in [1.807, 2.05) is 13.8 Å². The van der Waals surface area contributed by atoms with Gasteiger partial charge in [-0.2, -0.15) is 0 Å². The van der Waals surface area contributed by atoms with E-state index < -0.39 is 0 Å². The maximum absolute atomic E-state index is 12.4. The van der Waals surface area contributed by atoms with Crippen LogP contribution in [0, 0.1) is 22.7 Å². The molecule has 0 aliphatic heterocycles. The third kappa shape index (κ3) is 4.91. The van der Waals surface area contributed by atoms with E-state index in [1.54, 1.807) is 6.92 Å². The maximum Gasteiger partial charge on any atom is 0.136 e. The Morgan fingerprint density at radius 1 is 1.00 bits per heavy atom. The summed E-state index contributed by atoms with van der Waals surface area (Å²) in [6.45, 7) is 16.0. The van der Waals surface area contributed by atoms with Gasteiger partial charge in [0, 0.05) is 17.8 Å². The normalized spacial score (nSPS) is 14.7. The molecule has 2 nitrogen and oxygen atoms in total. The van der Waals surface area contributed by atoms with Crippen LogP contribution in [-0.2, 0) is 9.59 Å². The van der Waals surface area contributed by atoms with E-state index in [2.05, 4.69) is 34.6 Å². The summed E-state index contributed by atoms with van der Waals surface area (Å²) in [5, 5.41) is 0. The fourth-order valence-electron chi connectivity index (χ4n) is 2.62. The van der Waals surface area contributed by atoms with Crippen LogP contribution in [0.25, 0.3) is 0 Å². The van der Waals surface area contributed by atoms with Crippen LogP contribution in [0.1, 0.15) is 68.2 Å². The van der Waals surface area contributed by atoms with E-state index in [0.29, 0.717) is 24.5 Å². The molecule has 0 aliphatic carbocycles. The average Bonchev–Trinajstić information content (AvgIpc) is 2.11. The van der Waals surface area contributed by atoms with Gasteiger partial charge in [-0.1, -0.05) is 48.5 Å². The number of rotatable bonds is 6. The molecule has 0 rings (SSSR count). The second kappa shape index (κ2) is 5.99. The van der Waals surface area contributed by atoms with E-state index in [4.69, 9.17) is 0 Å². The van der Waals surface area contributed by atoms with Crippen LogP contribution in [-0.4, -0.2) is 11.6 Å². The summed E-state index contributed by atoms with van der Waals surface area (Å²) >= 11 is 0. The molecule has 0 aliphatic rings. The number of ketones is 2. The first-order valence-corrected chi connectivity index (χ1v) is 6.93. The Balaban J connectivity index is 4.71. The lowest BCUT2D eigenvalue weighted by molar-refractivity contribution is -0.129. The first-order valence-electron chi connectivity index (χ1n) is 6.93. The standard InChI is InChI=1S/C16H30O2/c1-11(2)14(15(4,5)6)13(18)9-10-16(7,8)12(3)17/h11,14H,9-10H2,1-8H3/t14-/m0/s1. The van der Waals surface area contributed by atoms with Crippen molar-refractivity contribution < 1.29 is 9.59 Å². The number of hydrogen-bond donors (Lipinski definition) is 0. The maximum atomic E-state index is 12.4. The summed E-state index contributed by atoms with van der Waals surface area (Å²) in [5.74, 6) is 0.872. The van der Waals surface area contributed by atoms with Gasteiger partial charge in [0.05, 0.1) is 0 Å². The van der Waals surface area contributed by atoms with Crippen LogP contribution in [0.15, 0.2) is 0 Å². The molecule has 0 radical (unpaired) electrons. The number of carbonyl (C=O) groups is 2. The van der Waals surface area contributed by atoms with Crippen LogP contribution in [0.2, 0.25) is 0 Å². The molecule has 0 saturated carbocycles. The van der Waals surface area contributed by atoms with Crippen LogP contribution >= 0.6 is 0 Å². The Hall–Kier alpha value is -0.660. The third-order valence-electron chi connectivity index (χ3n) is 3.90. The van der Waals surface area contributed by atoms with Crippen molar-refractivity contribution in [2.24, 2.45) is 22.7 Å². The highest BCUT2D eigenvalue weighted by atomic mass is 16.1. The van der Waals surface area contributed by atoms with E-state index in [0.717, 1.165) is 0 Å². The quantitative estimate of drug-likeness (QED) is 0.709. The Kier molecular flexibility index (Phi) is 5.77. The second-order valence-corrected chi connectivity index (χ2v) is 7.49. The van der Waals surface area contributed by atoms with Gasteiger partial charge >= 0.3 is 0 Å². The van der Waals surface area contributed by atoms with Crippen molar-refractivity contribution >= 4 is 11.6 Å². The van der Waals surface area contributed by atoms with Gasteiger partial charge in [0.2, 0.25) is 0 Å². The highest BCUT2D eigenvalue weighted by Crippen LogP contribution is 2.35. The molecule has 2 heteroatoms. The van der Waals surface area contributed by atoms with Crippen molar-refractivity contribution in [3.05, 3.63) is 0 Å². The van der Waals surface area contributed by atoms with E-state index in [9.17, 15) is 9.59 Å². The molecule has 0 aromatic rings. The molecule has 0 unspecified atom stereocenters. The van der Waals surface area contributed by atoms with Gasteiger partial charge in [-0.25, -0.2) is 0 Å². The van der Waals surface area contributed by atoms with Gasteiger partial charge in [0.15, 0.2) is 0 Å². The minimum Gasteiger partial charge on any atom is -0.299 e. The monoisotopic (exact) mass is 254 g/mol. The predicted octanol–water partition coefficient (Wildman–Crippen LogP) is 4.27. The zero-order valence-corrected chi connectivity index (χ0v) is 13.4. The molecular formula is C16H30O2. The summed E-state index contributed by atoms with van der Waals surface area (Å²) in [5.41, 5.74) is -0.388. The third-order valence-corrected chi connectivity index (χ3v) is 3.90. The Morgan fingerprint density at radius 2 is 1.44 bits per heavy atom. The summed E-state index contributed by atoms with van der Waals surface area (Å²) in [4.78, 5) is 23.9. The lowest BCUT2D eigenvalue weighted by atomic mass is 9.70. The lowest BCUT2D eigenvalue weighted by Crippen LogP contribution is -2.34. The predicted molar refractivity (Wildman–Crippen MR) is 76.5 cm³/mol. The minimum absolute atomic E-state index is 0.00832. The zero-order chi connectivity index (χ0) is 14.7. The second-order valence-electron chi connectivity index (χ2n) is 7.49. The van der Waals surface area contributed by atoms with Gasteiger partial charge in [-0.15, -0.1) is 0 Å². The molecule has 0 N–H and O–H groups in total. The SMILES string of the molecule is CC(=O)C(C)(C)CCC(=O)[C@H](C(C)C)C(C)(C)C. The van der Waals surface area contributed by atoms with Crippen molar-refractivity contribution in [3.8, 4) is 0 Å². The molecule has 0 saturated heterocycles. The van der Waals surface area contributed by atoms with Crippen LogP contribution in [0.4, 0.5) is 0 Å². The molecule has 0 aromatic heterocycles. The summed E-state index contributed by atoms with van der Waals surface area (Å²) in [7, 11) is 0. The fourth-order valence-corrected chi connectivity index (χ4v) is 2.62. The molecule has 0 aromatic carbocycles. The van der Waals surface area contributed by atoms with Crippen LogP contribution in [0.5, 0.6) is 0 Å². The minimum atomic E-state index is -0.380. The number of hydrogen-bond acceptors (Lipinski definition) is 2. The van der Waals surface area contributed by atoms with Crippen LogP contribution < -0.4 is 0 Å². The first kappa shape index (κ1) is 17.3. The topological polar surface area (TPSA) is 34.1 Å². The summed E-state index contributed by atoms with van der Waals surface area (Å²) < 4.78 is 0. The van der Waals surface area contributed by atoms with Gasteiger partial charge in [0.25, 0.3) is 0 Å². The lowest BCUT2D eigenvalue weighted by Gasteiger charge is -2.33. The van der Waals surface area contributed by atoms with Gasteiger partial charge < -0.3 is 0 Å². The van der Waals surface area contributed by atoms with Gasteiger partial charge in [0.1, 0.15) is 11.6 Å². The average molecular weight is 254 g/mol. The Morgan fingerprint density at radius 3 is 1.72 bits per heavy atom. The Bertz CT molecular complexity index is 306. The summed E-state index contributed by atoms with van der Waals surface area (Å²) in [6, 6.07) is 0. The van der Waals surface area contributed by atoms with Gasteiger partial charge in [-0.3, -0.25) is 9.59 Å². The molecule has 1 atom stereocenters. The first-order chi connectivity index (χ1) is 7.89. The molecule has 0 heterocycles. The van der Waals surface area contributed by atoms with Crippen LogP contribution in [0.3, 0.4) is 0 Å². The summed E-state index contributed by atoms with van der Waals surface area (Å²) in [6.07, 6.45) is 1.16. The van der Waals surface area contributed by atoms with E-state index in [-0.39, 0.29) is 22.5 Å². The highest BCUT2D eigenvalue weighted by Gasteiger charge is 2.34.